The molecule has 20 heavy (non-hydrogen) atoms. The fourth-order valence-corrected chi connectivity index (χ4v) is 3.48. The third-order valence-electron chi connectivity index (χ3n) is 4.11. The highest BCUT2D eigenvalue weighted by Crippen LogP contribution is 2.28. The van der Waals surface area contributed by atoms with E-state index in [4.69, 9.17) is 4.74 Å². The van der Waals surface area contributed by atoms with Crippen LogP contribution in [0.2, 0.25) is 0 Å². The van der Waals surface area contributed by atoms with Crippen molar-refractivity contribution in [2.75, 3.05) is 33.1 Å². The molecule has 2 saturated carbocycles. The molecule has 116 valence electrons. The van der Waals surface area contributed by atoms with Crippen LogP contribution in [0.15, 0.2) is 4.99 Å². The number of rotatable bonds is 7. The van der Waals surface area contributed by atoms with Crippen LogP contribution in [0, 0.1) is 5.92 Å². The van der Waals surface area contributed by atoms with Crippen molar-refractivity contribution >= 4 is 17.7 Å². The number of aliphatic imine (C=N–C) groups is 1. The molecule has 0 aromatic heterocycles. The normalized spacial score (nSPS) is 27.4. The maximum Gasteiger partial charge on any atom is 0.191 e. The van der Waals surface area contributed by atoms with Gasteiger partial charge in [-0.1, -0.05) is 6.42 Å². The summed E-state index contributed by atoms with van der Waals surface area (Å²) in [5, 5.41) is 7.71. The lowest BCUT2D eigenvalue weighted by atomic mass is 9.95. The van der Waals surface area contributed by atoms with Gasteiger partial charge in [0.2, 0.25) is 0 Å². The maximum atomic E-state index is 5.63. The molecule has 2 atom stereocenters. The van der Waals surface area contributed by atoms with Gasteiger partial charge in [0.15, 0.2) is 5.96 Å². The van der Waals surface area contributed by atoms with E-state index in [1.165, 1.54) is 38.5 Å². The van der Waals surface area contributed by atoms with Crippen molar-refractivity contribution in [1.82, 2.24) is 10.6 Å². The Labute approximate surface area is 127 Å². The summed E-state index contributed by atoms with van der Waals surface area (Å²) in [6.07, 6.45) is 10.1. The first-order valence-corrected chi connectivity index (χ1v) is 9.18. The highest BCUT2D eigenvalue weighted by Gasteiger charge is 2.22. The number of guanidine groups is 1. The van der Waals surface area contributed by atoms with Crippen LogP contribution in [-0.4, -0.2) is 50.3 Å². The Morgan fingerprint density at radius 3 is 2.85 bits per heavy atom. The summed E-state index contributed by atoms with van der Waals surface area (Å²) in [4.78, 5) is 4.31. The highest BCUT2D eigenvalue weighted by atomic mass is 32.2. The van der Waals surface area contributed by atoms with Crippen molar-refractivity contribution in [2.45, 2.75) is 49.8 Å². The van der Waals surface area contributed by atoms with E-state index < -0.39 is 0 Å². The first-order chi connectivity index (χ1) is 9.81. The van der Waals surface area contributed by atoms with Gasteiger partial charge >= 0.3 is 0 Å². The van der Waals surface area contributed by atoms with E-state index in [0.29, 0.717) is 6.04 Å². The summed E-state index contributed by atoms with van der Waals surface area (Å²) < 4.78 is 5.63. The molecule has 2 unspecified atom stereocenters. The minimum Gasteiger partial charge on any atom is -0.379 e. The van der Waals surface area contributed by atoms with Crippen molar-refractivity contribution in [3.05, 3.63) is 0 Å². The van der Waals surface area contributed by atoms with Gasteiger partial charge in [-0.3, -0.25) is 4.99 Å². The van der Waals surface area contributed by atoms with Crippen molar-refractivity contribution in [1.29, 1.82) is 0 Å². The van der Waals surface area contributed by atoms with Gasteiger partial charge in [-0.15, -0.1) is 0 Å². The molecule has 5 heteroatoms. The number of nitrogens with one attached hydrogen (secondary N) is 2. The fourth-order valence-electron chi connectivity index (χ4n) is 2.65. The Morgan fingerprint density at radius 1 is 1.30 bits per heavy atom. The molecule has 2 fully saturated rings. The minimum absolute atomic E-state index is 0.569. The van der Waals surface area contributed by atoms with Crippen LogP contribution in [-0.2, 0) is 4.74 Å². The molecule has 0 heterocycles. The molecular formula is C15H29N3OS. The third-order valence-corrected chi connectivity index (χ3v) is 5.21. The van der Waals surface area contributed by atoms with Gasteiger partial charge < -0.3 is 15.4 Å². The van der Waals surface area contributed by atoms with E-state index in [0.717, 1.165) is 36.9 Å². The molecule has 2 aliphatic carbocycles. The van der Waals surface area contributed by atoms with Crippen LogP contribution >= 0.6 is 11.8 Å². The lowest BCUT2D eigenvalue weighted by molar-refractivity contribution is 0.129. The van der Waals surface area contributed by atoms with Gasteiger partial charge in [0.25, 0.3) is 0 Å². The van der Waals surface area contributed by atoms with Gasteiger partial charge in [0.05, 0.1) is 6.61 Å². The summed E-state index contributed by atoms with van der Waals surface area (Å²) in [5.41, 5.74) is 0. The molecule has 2 aliphatic rings. The standard InChI is InChI=1S/C15H29N3OS/c1-16-15(17-8-9-19-11-12-6-7-12)18-13-4-3-5-14(10-13)20-2/h12-14H,3-11H2,1-2H3,(H2,16,17,18). The Balaban J connectivity index is 1.58. The number of hydrogen-bond donors (Lipinski definition) is 2. The average molecular weight is 299 g/mol. The zero-order valence-electron chi connectivity index (χ0n) is 12.9. The molecule has 0 aromatic rings. The molecule has 0 amide bonds. The Morgan fingerprint density at radius 2 is 2.15 bits per heavy atom. The first kappa shape index (κ1) is 16.0. The van der Waals surface area contributed by atoms with Gasteiger partial charge in [-0.25, -0.2) is 0 Å². The Kier molecular flexibility index (Phi) is 7.00. The summed E-state index contributed by atoms with van der Waals surface area (Å²) in [5.74, 6) is 1.77. The fraction of sp³-hybridized carbons (Fsp3) is 0.933. The predicted molar refractivity (Wildman–Crippen MR) is 87.6 cm³/mol. The summed E-state index contributed by atoms with van der Waals surface area (Å²) in [6.45, 7) is 2.55. The number of nitrogens with zero attached hydrogens (tertiary/aromatic N) is 1. The van der Waals surface area contributed by atoms with Gasteiger partial charge in [0, 0.05) is 31.5 Å². The topological polar surface area (TPSA) is 45.7 Å². The van der Waals surface area contributed by atoms with E-state index >= 15 is 0 Å². The minimum atomic E-state index is 0.569. The van der Waals surface area contributed by atoms with E-state index in [9.17, 15) is 0 Å². The zero-order chi connectivity index (χ0) is 14.2. The largest absolute Gasteiger partial charge is 0.379 e. The molecule has 2 rings (SSSR count). The second-order valence-electron chi connectivity index (χ2n) is 5.88. The van der Waals surface area contributed by atoms with Gasteiger partial charge in [-0.05, 0) is 44.3 Å². The zero-order valence-corrected chi connectivity index (χ0v) is 13.7. The number of ether oxygens (including phenoxy) is 1. The first-order valence-electron chi connectivity index (χ1n) is 7.89. The van der Waals surface area contributed by atoms with E-state index in [1.807, 2.05) is 18.8 Å². The van der Waals surface area contributed by atoms with Gasteiger partial charge in [-0.2, -0.15) is 11.8 Å². The SMILES string of the molecule is CN=C(NCCOCC1CC1)NC1CCCC(SC)C1. The summed E-state index contributed by atoms with van der Waals surface area (Å²) in [6, 6.07) is 0.569. The average Bonchev–Trinajstić information content (AvgIpc) is 3.30. The number of thioether (sulfide) groups is 1. The van der Waals surface area contributed by atoms with E-state index in [2.05, 4.69) is 21.9 Å². The highest BCUT2D eigenvalue weighted by molar-refractivity contribution is 7.99. The third kappa shape index (κ3) is 5.92. The van der Waals surface area contributed by atoms with Crippen molar-refractivity contribution in [3.8, 4) is 0 Å². The molecule has 0 aliphatic heterocycles. The lowest BCUT2D eigenvalue weighted by Crippen LogP contribution is -2.46. The smallest absolute Gasteiger partial charge is 0.191 e. The van der Waals surface area contributed by atoms with Gasteiger partial charge in [0.1, 0.15) is 0 Å². The molecule has 0 saturated heterocycles. The van der Waals surface area contributed by atoms with E-state index in [1.54, 1.807) is 0 Å². The monoisotopic (exact) mass is 299 g/mol. The van der Waals surface area contributed by atoms with Crippen molar-refractivity contribution in [3.63, 3.8) is 0 Å². The van der Waals surface area contributed by atoms with Crippen LogP contribution < -0.4 is 10.6 Å². The Bertz CT molecular complexity index is 307. The molecule has 2 N–H and O–H groups in total. The molecule has 0 aromatic carbocycles. The second kappa shape index (κ2) is 8.78. The maximum absolute atomic E-state index is 5.63. The molecule has 4 nitrogen and oxygen atoms in total. The van der Waals surface area contributed by atoms with Crippen molar-refractivity contribution < 1.29 is 4.74 Å². The summed E-state index contributed by atoms with van der Waals surface area (Å²) >= 11 is 2.00. The molecule has 0 spiro atoms. The molecule has 0 bridgehead atoms. The quantitative estimate of drug-likeness (QED) is 0.430. The number of hydrogen-bond acceptors (Lipinski definition) is 3. The van der Waals surface area contributed by atoms with E-state index in [-0.39, 0.29) is 0 Å². The molecule has 0 radical (unpaired) electrons. The second-order valence-corrected chi connectivity index (χ2v) is 7.02. The Hall–Kier alpha value is -0.420. The van der Waals surface area contributed by atoms with Crippen LogP contribution in [0.25, 0.3) is 0 Å². The predicted octanol–water partition coefficient (Wildman–Crippen LogP) is 2.25. The van der Waals surface area contributed by atoms with Crippen LogP contribution in [0.1, 0.15) is 38.5 Å². The van der Waals surface area contributed by atoms with Crippen LogP contribution in [0.3, 0.4) is 0 Å². The van der Waals surface area contributed by atoms with Crippen LogP contribution in [0.4, 0.5) is 0 Å². The lowest BCUT2D eigenvalue weighted by Gasteiger charge is -2.29. The summed E-state index contributed by atoms with van der Waals surface area (Å²) in [7, 11) is 1.84. The molecular weight excluding hydrogens is 270 g/mol. The van der Waals surface area contributed by atoms with Crippen molar-refractivity contribution in [2.24, 2.45) is 10.9 Å². The van der Waals surface area contributed by atoms with Crippen LogP contribution in [0.5, 0.6) is 0 Å².